The zero-order chi connectivity index (χ0) is 28.9. The standard InChI is InChI=1S/C31H32FN3O6/c1-34-30(36)28-24-15-23(19-3-4-19)26(16-27(24)41-29(28)20-5-7-21(32)8-6-20)35-10-11-39-12-13-40-17-18-2-9-22(31(37)38)25(33)14-18/h2,5-9,14-16,19,35H,3-4,10-13,17,33H2,1H3,(H,34,36)(H,37,38). The van der Waals surface area contributed by atoms with Crippen LogP contribution in [0.4, 0.5) is 15.8 Å². The lowest BCUT2D eigenvalue weighted by Crippen LogP contribution is -2.18. The number of halogens is 1. The van der Waals surface area contributed by atoms with Crippen LogP contribution in [0.1, 0.15) is 50.6 Å². The maximum absolute atomic E-state index is 13.5. The highest BCUT2D eigenvalue weighted by Crippen LogP contribution is 2.46. The number of carbonyl (C=O) groups is 2. The van der Waals surface area contributed by atoms with Gasteiger partial charge in [0.1, 0.15) is 17.2 Å². The largest absolute Gasteiger partial charge is 0.478 e. The zero-order valence-electron chi connectivity index (χ0n) is 22.7. The Morgan fingerprint density at radius 1 is 1.05 bits per heavy atom. The molecule has 0 radical (unpaired) electrons. The summed E-state index contributed by atoms with van der Waals surface area (Å²) >= 11 is 0. The highest BCUT2D eigenvalue weighted by molar-refractivity contribution is 6.11. The summed E-state index contributed by atoms with van der Waals surface area (Å²) in [5, 5.41) is 15.9. The lowest BCUT2D eigenvalue weighted by molar-refractivity contribution is 0.0441. The van der Waals surface area contributed by atoms with E-state index in [-0.39, 0.29) is 23.0 Å². The van der Waals surface area contributed by atoms with Crippen molar-refractivity contribution >= 4 is 34.2 Å². The van der Waals surface area contributed by atoms with Crippen LogP contribution in [-0.4, -0.2) is 50.4 Å². The van der Waals surface area contributed by atoms with E-state index in [4.69, 9.17) is 24.7 Å². The predicted molar refractivity (Wildman–Crippen MR) is 154 cm³/mol. The molecular weight excluding hydrogens is 529 g/mol. The Bertz CT molecular complexity index is 1560. The molecule has 1 aliphatic rings. The number of carboxylic acids is 1. The molecule has 0 aliphatic heterocycles. The third-order valence-corrected chi connectivity index (χ3v) is 6.99. The van der Waals surface area contributed by atoms with Crippen molar-refractivity contribution in [2.24, 2.45) is 0 Å². The number of nitrogens with two attached hydrogens (primary N) is 1. The maximum atomic E-state index is 13.5. The molecule has 3 aromatic carbocycles. The number of aromatic carboxylic acids is 1. The topological polar surface area (TPSA) is 136 Å². The number of carboxylic acid groups (broad SMARTS) is 1. The average Bonchev–Trinajstić information content (AvgIpc) is 3.74. The van der Waals surface area contributed by atoms with E-state index >= 15 is 0 Å². The molecule has 1 amide bonds. The van der Waals surface area contributed by atoms with Gasteiger partial charge in [0.05, 0.1) is 37.6 Å². The Morgan fingerprint density at radius 2 is 1.80 bits per heavy atom. The van der Waals surface area contributed by atoms with Crippen molar-refractivity contribution in [3.05, 3.63) is 82.7 Å². The van der Waals surface area contributed by atoms with Crippen LogP contribution < -0.4 is 16.4 Å². The van der Waals surface area contributed by atoms with Gasteiger partial charge in [-0.05, 0) is 72.4 Å². The van der Waals surface area contributed by atoms with Crippen molar-refractivity contribution in [3.8, 4) is 11.3 Å². The zero-order valence-corrected chi connectivity index (χ0v) is 22.7. The molecule has 1 heterocycles. The van der Waals surface area contributed by atoms with Crippen molar-refractivity contribution in [1.82, 2.24) is 5.32 Å². The fourth-order valence-electron chi connectivity index (χ4n) is 4.76. The van der Waals surface area contributed by atoms with E-state index in [0.29, 0.717) is 61.4 Å². The van der Waals surface area contributed by atoms with Crippen LogP contribution in [0.2, 0.25) is 0 Å². The van der Waals surface area contributed by atoms with Crippen molar-refractivity contribution in [1.29, 1.82) is 0 Å². The minimum absolute atomic E-state index is 0.0702. The number of nitrogen functional groups attached to an aromatic ring is 1. The first-order valence-electron chi connectivity index (χ1n) is 13.4. The number of benzene rings is 3. The molecule has 1 aromatic heterocycles. The van der Waals surface area contributed by atoms with Gasteiger partial charge in [-0.2, -0.15) is 0 Å². The van der Waals surface area contributed by atoms with Crippen LogP contribution in [0.15, 0.2) is 59.0 Å². The number of amides is 1. The van der Waals surface area contributed by atoms with E-state index in [1.165, 1.54) is 18.2 Å². The van der Waals surface area contributed by atoms with Crippen molar-refractivity contribution in [2.75, 3.05) is 44.5 Å². The summed E-state index contributed by atoms with van der Waals surface area (Å²) in [6, 6.07) is 14.6. The second-order valence-electron chi connectivity index (χ2n) is 9.92. The molecule has 0 saturated heterocycles. The van der Waals surface area contributed by atoms with E-state index in [9.17, 15) is 14.0 Å². The molecule has 0 spiro atoms. The Morgan fingerprint density at radius 3 is 2.49 bits per heavy atom. The highest BCUT2D eigenvalue weighted by Gasteiger charge is 2.29. The summed E-state index contributed by atoms with van der Waals surface area (Å²) < 4.78 is 31.0. The first-order valence-corrected chi connectivity index (χ1v) is 13.4. The Kier molecular flexibility index (Phi) is 8.51. The van der Waals surface area contributed by atoms with Gasteiger partial charge in [0, 0.05) is 42.0 Å². The normalized spacial score (nSPS) is 12.9. The second-order valence-corrected chi connectivity index (χ2v) is 9.92. The highest BCUT2D eigenvalue weighted by atomic mass is 19.1. The smallest absolute Gasteiger partial charge is 0.337 e. The van der Waals surface area contributed by atoms with Crippen LogP contribution in [0.3, 0.4) is 0 Å². The van der Waals surface area contributed by atoms with Crippen molar-refractivity contribution in [2.45, 2.75) is 25.4 Å². The maximum Gasteiger partial charge on any atom is 0.337 e. The fourth-order valence-corrected chi connectivity index (χ4v) is 4.76. The number of anilines is 2. The fraction of sp³-hybridized carbons (Fsp3) is 0.290. The quantitative estimate of drug-likeness (QED) is 0.126. The minimum Gasteiger partial charge on any atom is -0.478 e. The molecule has 4 aromatic rings. The van der Waals surface area contributed by atoms with Gasteiger partial charge < -0.3 is 35.4 Å². The number of furan rings is 1. The van der Waals surface area contributed by atoms with E-state index < -0.39 is 5.97 Å². The molecule has 0 atom stereocenters. The number of carbonyl (C=O) groups excluding carboxylic acids is 1. The van der Waals surface area contributed by atoms with Gasteiger partial charge in [0.15, 0.2) is 0 Å². The van der Waals surface area contributed by atoms with Crippen LogP contribution >= 0.6 is 0 Å². The molecule has 1 saturated carbocycles. The van der Waals surface area contributed by atoms with E-state index in [1.807, 2.05) is 12.1 Å². The monoisotopic (exact) mass is 561 g/mol. The van der Waals surface area contributed by atoms with Crippen molar-refractivity contribution < 1.29 is 33.0 Å². The van der Waals surface area contributed by atoms with Gasteiger partial charge in [-0.15, -0.1) is 0 Å². The summed E-state index contributed by atoms with van der Waals surface area (Å²) in [7, 11) is 1.58. The summed E-state index contributed by atoms with van der Waals surface area (Å²) in [6.07, 6.45) is 2.16. The Balaban J connectivity index is 1.19. The van der Waals surface area contributed by atoms with Crippen molar-refractivity contribution in [3.63, 3.8) is 0 Å². The third-order valence-electron chi connectivity index (χ3n) is 6.99. The number of rotatable bonds is 13. The van der Waals surface area contributed by atoms with Crippen LogP contribution in [0.25, 0.3) is 22.3 Å². The van der Waals surface area contributed by atoms with Gasteiger partial charge in [0.2, 0.25) is 0 Å². The molecule has 214 valence electrons. The molecular formula is C31H32FN3O6. The molecule has 9 nitrogen and oxygen atoms in total. The Hall–Kier alpha value is -4.41. The molecule has 0 bridgehead atoms. The SMILES string of the molecule is CNC(=O)c1c(-c2ccc(F)cc2)oc2cc(NCCOCCOCc3ccc(C(=O)O)c(N)c3)c(C3CC3)cc12. The van der Waals surface area contributed by atoms with Gasteiger partial charge in [-0.3, -0.25) is 4.79 Å². The summed E-state index contributed by atoms with van der Waals surface area (Å²) in [6.45, 7) is 2.09. The second kappa shape index (κ2) is 12.4. The third kappa shape index (κ3) is 6.50. The van der Waals surface area contributed by atoms with E-state index in [1.54, 1.807) is 31.3 Å². The van der Waals surface area contributed by atoms with E-state index in [2.05, 4.69) is 10.6 Å². The number of hydrogen-bond donors (Lipinski definition) is 4. The lowest BCUT2D eigenvalue weighted by Gasteiger charge is -2.13. The predicted octanol–water partition coefficient (Wildman–Crippen LogP) is 5.40. The number of fused-ring (bicyclic) bond motifs is 1. The molecule has 5 N–H and O–H groups in total. The number of nitrogens with one attached hydrogen (secondary N) is 2. The summed E-state index contributed by atoms with van der Waals surface area (Å²) in [4.78, 5) is 23.9. The molecule has 0 unspecified atom stereocenters. The minimum atomic E-state index is -1.06. The molecule has 1 fully saturated rings. The van der Waals surface area contributed by atoms with E-state index in [0.717, 1.165) is 35.0 Å². The van der Waals surface area contributed by atoms with Gasteiger partial charge in [-0.1, -0.05) is 6.07 Å². The molecule has 41 heavy (non-hydrogen) atoms. The van der Waals surface area contributed by atoms with Gasteiger partial charge in [-0.25, -0.2) is 9.18 Å². The van der Waals surface area contributed by atoms with Crippen LogP contribution in [0.5, 0.6) is 0 Å². The van der Waals surface area contributed by atoms with Gasteiger partial charge >= 0.3 is 5.97 Å². The number of hydrogen-bond acceptors (Lipinski definition) is 7. The summed E-state index contributed by atoms with van der Waals surface area (Å²) in [5.41, 5.74) is 10.5. The molecule has 10 heteroatoms. The van der Waals surface area contributed by atoms with Crippen LogP contribution in [-0.2, 0) is 16.1 Å². The first-order chi connectivity index (χ1) is 19.9. The summed E-state index contributed by atoms with van der Waals surface area (Å²) in [5.74, 6) is -0.866. The first kappa shape index (κ1) is 28.1. The lowest BCUT2D eigenvalue weighted by atomic mass is 10.0. The number of ether oxygens (including phenoxy) is 2. The van der Waals surface area contributed by atoms with Crippen LogP contribution in [0, 0.1) is 5.82 Å². The average molecular weight is 562 g/mol. The van der Waals surface area contributed by atoms with Gasteiger partial charge in [0.25, 0.3) is 5.91 Å². The molecule has 5 rings (SSSR count). The Labute approximate surface area is 236 Å². The molecule has 1 aliphatic carbocycles.